The van der Waals surface area contributed by atoms with Crippen molar-refractivity contribution in [3.05, 3.63) is 19.1 Å². The maximum Gasteiger partial charge on any atom is 0.0757 e. The molecule has 1 nitrogen and oxygen atoms in total. The molecule has 3 unspecified atom stereocenters. The molecule has 3 atom stereocenters. The van der Waals surface area contributed by atoms with E-state index in [0.29, 0.717) is 5.92 Å². The number of ether oxygens (including phenoxy) is 1. The smallest absolute Gasteiger partial charge is 0.0757 e. The van der Waals surface area contributed by atoms with E-state index in [1.165, 1.54) is 0 Å². The molecule has 0 saturated carbocycles. The first-order valence-corrected chi connectivity index (χ1v) is 4.65. The largest absolute Gasteiger partial charge is 0.371 e. The highest BCUT2D eigenvalue weighted by molar-refractivity contribution is 4.99. The van der Waals surface area contributed by atoms with Gasteiger partial charge in [0.1, 0.15) is 0 Å². The average molecular weight is 169 g/mol. The summed E-state index contributed by atoms with van der Waals surface area (Å²) in [4.78, 5) is 0. The fourth-order valence-electron chi connectivity index (χ4n) is 0.840. The van der Waals surface area contributed by atoms with E-state index in [-0.39, 0.29) is 12.2 Å². The molecule has 0 aromatic heterocycles. The summed E-state index contributed by atoms with van der Waals surface area (Å²) in [7, 11) is 0. The van der Waals surface area contributed by atoms with Crippen LogP contribution in [0.2, 0.25) is 0 Å². The zero-order valence-corrected chi connectivity index (χ0v) is 8.76. The topological polar surface area (TPSA) is 9.23 Å². The molecule has 1 heteroatoms. The van der Waals surface area contributed by atoms with Crippen molar-refractivity contribution in [3.8, 4) is 0 Å². The highest BCUT2D eigenvalue weighted by Gasteiger charge is 2.12. The van der Waals surface area contributed by atoms with E-state index in [4.69, 9.17) is 4.74 Å². The van der Waals surface area contributed by atoms with E-state index in [9.17, 15) is 0 Å². The molecule has 0 aliphatic heterocycles. The number of hydrogen-bond donors (Lipinski definition) is 0. The maximum absolute atomic E-state index is 5.70. The normalized spacial score (nSPS) is 16.2. The van der Waals surface area contributed by atoms with Crippen LogP contribution in [0.3, 0.4) is 0 Å². The molecular formula is C11H21O. The maximum atomic E-state index is 5.70. The van der Waals surface area contributed by atoms with Crippen molar-refractivity contribution in [2.24, 2.45) is 5.92 Å². The highest BCUT2D eigenvalue weighted by atomic mass is 16.5. The molecule has 0 saturated heterocycles. The van der Waals surface area contributed by atoms with Crippen LogP contribution in [0.15, 0.2) is 12.2 Å². The van der Waals surface area contributed by atoms with Gasteiger partial charge in [-0.05, 0) is 38.7 Å². The lowest BCUT2D eigenvalue weighted by Crippen LogP contribution is -2.22. The van der Waals surface area contributed by atoms with Crippen LogP contribution in [-0.2, 0) is 4.74 Å². The predicted octanol–water partition coefficient (Wildman–Crippen LogP) is 3.22. The van der Waals surface area contributed by atoms with E-state index in [1.54, 1.807) is 0 Å². The number of hydrogen-bond acceptors (Lipinski definition) is 1. The van der Waals surface area contributed by atoms with Crippen molar-refractivity contribution < 1.29 is 4.74 Å². The Morgan fingerprint density at radius 3 is 2.17 bits per heavy atom. The Hall–Kier alpha value is -0.300. The van der Waals surface area contributed by atoms with Gasteiger partial charge in [0.25, 0.3) is 0 Å². The van der Waals surface area contributed by atoms with E-state index in [0.717, 1.165) is 12.0 Å². The molecule has 0 aromatic carbocycles. The van der Waals surface area contributed by atoms with Gasteiger partial charge in [0, 0.05) is 0 Å². The van der Waals surface area contributed by atoms with Gasteiger partial charge in [-0.2, -0.15) is 0 Å². The van der Waals surface area contributed by atoms with Crippen LogP contribution in [0.5, 0.6) is 0 Å². The molecule has 0 aliphatic carbocycles. The zero-order valence-electron chi connectivity index (χ0n) is 8.76. The Balaban J connectivity index is 3.83. The quantitative estimate of drug-likeness (QED) is 0.574. The van der Waals surface area contributed by atoms with Gasteiger partial charge in [-0.25, -0.2) is 0 Å². The molecular weight excluding hydrogens is 148 g/mol. The SMILES string of the molecule is [CH2]C(C)C(C)OC(C)C(=C)CC. The van der Waals surface area contributed by atoms with Crippen molar-refractivity contribution in [3.63, 3.8) is 0 Å². The second-order valence-corrected chi connectivity index (χ2v) is 3.47. The zero-order chi connectivity index (χ0) is 9.72. The van der Waals surface area contributed by atoms with Crippen LogP contribution in [0.4, 0.5) is 0 Å². The minimum absolute atomic E-state index is 0.161. The van der Waals surface area contributed by atoms with Gasteiger partial charge in [-0.1, -0.05) is 20.4 Å². The Morgan fingerprint density at radius 1 is 1.33 bits per heavy atom. The molecule has 0 N–H and O–H groups in total. The van der Waals surface area contributed by atoms with Crippen molar-refractivity contribution in [2.75, 3.05) is 0 Å². The Labute approximate surface area is 76.8 Å². The second kappa shape index (κ2) is 5.36. The van der Waals surface area contributed by atoms with Crippen molar-refractivity contribution in [1.82, 2.24) is 0 Å². The summed E-state index contributed by atoms with van der Waals surface area (Å²) in [6, 6.07) is 0. The van der Waals surface area contributed by atoms with Gasteiger partial charge in [0.05, 0.1) is 12.2 Å². The summed E-state index contributed by atoms with van der Waals surface area (Å²) in [5.74, 6) is 0.331. The van der Waals surface area contributed by atoms with Crippen LogP contribution in [-0.4, -0.2) is 12.2 Å². The Kier molecular flexibility index (Phi) is 5.23. The van der Waals surface area contributed by atoms with Crippen molar-refractivity contribution >= 4 is 0 Å². The van der Waals surface area contributed by atoms with Crippen LogP contribution in [0.25, 0.3) is 0 Å². The third-order valence-corrected chi connectivity index (χ3v) is 2.25. The van der Waals surface area contributed by atoms with Gasteiger partial charge in [-0.15, -0.1) is 0 Å². The van der Waals surface area contributed by atoms with Crippen LogP contribution in [0, 0.1) is 12.8 Å². The Bertz CT molecular complexity index is 138. The molecule has 71 valence electrons. The van der Waals surface area contributed by atoms with Crippen LogP contribution >= 0.6 is 0 Å². The third-order valence-electron chi connectivity index (χ3n) is 2.25. The Morgan fingerprint density at radius 2 is 1.83 bits per heavy atom. The average Bonchev–Trinajstić information content (AvgIpc) is 2.02. The molecule has 12 heavy (non-hydrogen) atoms. The molecule has 0 spiro atoms. The lowest BCUT2D eigenvalue weighted by molar-refractivity contribution is 0.00673. The van der Waals surface area contributed by atoms with E-state index in [2.05, 4.69) is 34.3 Å². The van der Waals surface area contributed by atoms with Crippen LogP contribution < -0.4 is 0 Å². The first-order valence-electron chi connectivity index (χ1n) is 4.65. The summed E-state index contributed by atoms with van der Waals surface area (Å²) >= 11 is 0. The summed E-state index contributed by atoms with van der Waals surface area (Å²) < 4.78 is 5.70. The summed E-state index contributed by atoms with van der Waals surface area (Å²) in [6.45, 7) is 16.1. The molecule has 0 fully saturated rings. The lowest BCUT2D eigenvalue weighted by atomic mass is 10.1. The molecule has 0 amide bonds. The summed E-state index contributed by atoms with van der Waals surface area (Å²) in [6.07, 6.45) is 1.36. The van der Waals surface area contributed by atoms with Gasteiger partial charge in [0.15, 0.2) is 0 Å². The fraction of sp³-hybridized carbons (Fsp3) is 0.727. The highest BCUT2D eigenvalue weighted by Crippen LogP contribution is 2.14. The molecule has 1 radical (unpaired) electrons. The molecule has 0 rings (SSSR count). The third kappa shape index (κ3) is 3.91. The van der Waals surface area contributed by atoms with E-state index in [1.807, 2.05) is 6.92 Å². The monoisotopic (exact) mass is 169 g/mol. The molecule has 0 bridgehead atoms. The summed E-state index contributed by atoms with van der Waals surface area (Å²) in [5.41, 5.74) is 1.16. The summed E-state index contributed by atoms with van der Waals surface area (Å²) in [5, 5.41) is 0. The van der Waals surface area contributed by atoms with Gasteiger partial charge in [0.2, 0.25) is 0 Å². The van der Waals surface area contributed by atoms with Crippen LogP contribution in [0.1, 0.15) is 34.1 Å². The first kappa shape index (κ1) is 11.7. The lowest BCUT2D eigenvalue weighted by Gasteiger charge is -2.22. The predicted molar refractivity (Wildman–Crippen MR) is 54.0 cm³/mol. The molecule has 0 aromatic rings. The minimum atomic E-state index is 0.161. The minimum Gasteiger partial charge on any atom is -0.371 e. The van der Waals surface area contributed by atoms with E-state index >= 15 is 0 Å². The number of rotatable bonds is 5. The van der Waals surface area contributed by atoms with Gasteiger partial charge in [-0.3, -0.25) is 0 Å². The molecule has 0 heterocycles. The first-order chi connectivity index (χ1) is 5.49. The van der Waals surface area contributed by atoms with Crippen molar-refractivity contribution in [2.45, 2.75) is 46.3 Å². The van der Waals surface area contributed by atoms with Crippen molar-refractivity contribution in [1.29, 1.82) is 0 Å². The standard InChI is InChI=1S/C11H21O/c1-7-9(4)11(6)12-10(5)8(2)3/h8,10-11H,2,4,7H2,1,3,5-6H3. The fourth-order valence-corrected chi connectivity index (χ4v) is 0.840. The second-order valence-electron chi connectivity index (χ2n) is 3.47. The van der Waals surface area contributed by atoms with Gasteiger partial charge >= 0.3 is 0 Å². The van der Waals surface area contributed by atoms with Gasteiger partial charge < -0.3 is 4.74 Å². The molecule has 0 aliphatic rings. The van der Waals surface area contributed by atoms with E-state index < -0.39 is 0 Å².